The maximum atomic E-state index is 14.4. The van der Waals surface area contributed by atoms with Crippen LogP contribution < -0.4 is 4.90 Å². The average molecular weight is 475 g/mol. The van der Waals surface area contributed by atoms with E-state index < -0.39 is 18.0 Å². The Morgan fingerprint density at radius 2 is 2.03 bits per heavy atom. The number of carbonyl (C=O) groups excluding carboxylic acids is 1. The number of anilines is 1. The minimum absolute atomic E-state index is 0.0402. The first kappa shape index (κ1) is 22.0. The zero-order valence-corrected chi connectivity index (χ0v) is 18.2. The van der Waals surface area contributed by atoms with Crippen molar-refractivity contribution in [2.75, 3.05) is 24.5 Å². The molecule has 1 aromatic carbocycles. The van der Waals surface area contributed by atoms with E-state index in [0.717, 1.165) is 5.56 Å². The predicted molar refractivity (Wildman–Crippen MR) is 117 cm³/mol. The normalized spacial score (nSPS) is 16.1. The summed E-state index contributed by atoms with van der Waals surface area (Å²) in [6.45, 7) is 1.07. The number of piperazine rings is 1. The van der Waals surface area contributed by atoms with Gasteiger partial charge in [0.15, 0.2) is 11.0 Å². The van der Waals surface area contributed by atoms with Crippen molar-refractivity contribution in [3.63, 3.8) is 0 Å². The van der Waals surface area contributed by atoms with Crippen LogP contribution in [0.3, 0.4) is 0 Å². The first-order valence-corrected chi connectivity index (χ1v) is 10.5. The van der Waals surface area contributed by atoms with Crippen molar-refractivity contribution in [3.05, 3.63) is 58.3 Å². The number of halogens is 3. The molecule has 0 spiro atoms. The van der Waals surface area contributed by atoms with E-state index in [0.29, 0.717) is 17.7 Å². The van der Waals surface area contributed by atoms with Gasteiger partial charge >= 0.3 is 6.09 Å². The van der Waals surface area contributed by atoms with Crippen molar-refractivity contribution < 1.29 is 13.9 Å². The molecule has 3 aromatic rings. The van der Waals surface area contributed by atoms with Gasteiger partial charge in [0, 0.05) is 25.8 Å². The van der Waals surface area contributed by atoms with Gasteiger partial charge in [-0.1, -0.05) is 41.9 Å². The van der Waals surface area contributed by atoms with E-state index in [9.17, 15) is 14.4 Å². The minimum atomic E-state index is -0.786. The number of amides is 1. The molecule has 1 saturated heterocycles. The van der Waals surface area contributed by atoms with Gasteiger partial charge in [0.1, 0.15) is 17.9 Å². The number of aromatic nitrogens is 3. The summed E-state index contributed by atoms with van der Waals surface area (Å²) in [5, 5.41) is 9.18. The Labute approximate surface area is 193 Å². The molecule has 0 unspecified atom stereocenters. The first-order chi connectivity index (χ1) is 15.5. The van der Waals surface area contributed by atoms with Crippen LogP contribution in [0.25, 0.3) is 10.9 Å². The van der Waals surface area contributed by atoms with Gasteiger partial charge in [-0.15, -0.1) is 0 Å². The van der Waals surface area contributed by atoms with E-state index in [1.807, 2.05) is 35.2 Å². The zero-order valence-electron chi connectivity index (χ0n) is 16.7. The lowest BCUT2D eigenvalue weighted by Gasteiger charge is -2.40. The maximum Gasteiger partial charge on any atom is 0.410 e. The van der Waals surface area contributed by atoms with Crippen LogP contribution in [0.5, 0.6) is 0 Å². The third-order valence-electron chi connectivity index (χ3n) is 5.14. The fourth-order valence-corrected chi connectivity index (χ4v) is 3.91. The number of carbonyl (C=O) groups is 1. The molecule has 32 heavy (non-hydrogen) atoms. The molecule has 0 N–H and O–H groups in total. The van der Waals surface area contributed by atoms with Crippen molar-refractivity contribution in [2.24, 2.45) is 0 Å². The summed E-state index contributed by atoms with van der Waals surface area (Å²) in [7, 11) is 0. The molecule has 0 bridgehead atoms. The number of rotatable bonds is 4. The SMILES string of the molecule is N#CC[C@H]1CN(c2nc(Cl)nc3c(F)c(Cl)ncc23)CCN1C(=O)OCc1ccccc1. The largest absolute Gasteiger partial charge is 0.445 e. The second-order valence-corrected chi connectivity index (χ2v) is 7.83. The molecule has 8 nitrogen and oxygen atoms in total. The second kappa shape index (κ2) is 9.51. The molecule has 0 radical (unpaired) electrons. The van der Waals surface area contributed by atoms with Crippen LogP contribution in [0.1, 0.15) is 12.0 Å². The fourth-order valence-electron chi connectivity index (χ4n) is 3.60. The molecule has 0 aliphatic carbocycles. The van der Waals surface area contributed by atoms with E-state index in [-0.39, 0.29) is 42.1 Å². The molecule has 4 rings (SSSR count). The van der Waals surface area contributed by atoms with Gasteiger partial charge in [-0.25, -0.2) is 19.2 Å². The Bertz CT molecular complexity index is 1190. The molecule has 3 heterocycles. The van der Waals surface area contributed by atoms with Crippen molar-refractivity contribution in [2.45, 2.75) is 19.1 Å². The van der Waals surface area contributed by atoms with Crippen LogP contribution in [0.2, 0.25) is 10.4 Å². The summed E-state index contributed by atoms with van der Waals surface area (Å²) in [5.74, 6) is -0.422. The van der Waals surface area contributed by atoms with Gasteiger partial charge in [0.25, 0.3) is 0 Å². The van der Waals surface area contributed by atoms with Gasteiger partial charge in [0.2, 0.25) is 5.28 Å². The Balaban J connectivity index is 1.55. The lowest BCUT2D eigenvalue weighted by atomic mass is 10.1. The maximum absolute atomic E-state index is 14.4. The predicted octanol–water partition coefficient (Wildman–Crippen LogP) is 4.21. The summed E-state index contributed by atoms with van der Waals surface area (Å²) < 4.78 is 19.9. The molecule has 1 aliphatic rings. The number of nitrogens with zero attached hydrogens (tertiary/aromatic N) is 6. The highest BCUT2D eigenvalue weighted by Crippen LogP contribution is 2.30. The molecule has 0 saturated carbocycles. The summed E-state index contributed by atoms with van der Waals surface area (Å²) >= 11 is 11.8. The second-order valence-electron chi connectivity index (χ2n) is 7.14. The van der Waals surface area contributed by atoms with E-state index in [1.54, 1.807) is 0 Å². The van der Waals surface area contributed by atoms with Crippen molar-refractivity contribution in [3.8, 4) is 6.07 Å². The highest BCUT2D eigenvalue weighted by Gasteiger charge is 2.33. The van der Waals surface area contributed by atoms with E-state index >= 15 is 0 Å². The molecule has 2 aromatic heterocycles. The number of nitriles is 1. The van der Waals surface area contributed by atoms with Crippen LogP contribution in [0.15, 0.2) is 36.5 Å². The molecule has 1 atom stereocenters. The van der Waals surface area contributed by atoms with Crippen molar-refractivity contribution in [1.82, 2.24) is 19.9 Å². The van der Waals surface area contributed by atoms with Gasteiger partial charge < -0.3 is 14.5 Å². The average Bonchev–Trinajstić information content (AvgIpc) is 2.80. The number of ether oxygens (including phenoxy) is 1. The molecule has 1 amide bonds. The van der Waals surface area contributed by atoms with Gasteiger partial charge in [-0.3, -0.25) is 0 Å². The van der Waals surface area contributed by atoms with E-state index in [4.69, 9.17) is 27.9 Å². The quantitative estimate of drug-likeness (QED) is 0.412. The summed E-state index contributed by atoms with van der Waals surface area (Å²) in [4.78, 5) is 28.1. The minimum Gasteiger partial charge on any atom is -0.445 e. The molecular formula is C21H17Cl2FN6O2. The van der Waals surface area contributed by atoms with Crippen LogP contribution in [0, 0.1) is 17.1 Å². The smallest absolute Gasteiger partial charge is 0.410 e. The van der Waals surface area contributed by atoms with Gasteiger partial charge in [-0.05, 0) is 17.2 Å². The van der Waals surface area contributed by atoms with E-state index in [1.165, 1.54) is 11.1 Å². The zero-order chi connectivity index (χ0) is 22.7. The van der Waals surface area contributed by atoms with Crippen LogP contribution in [0.4, 0.5) is 15.0 Å². The van der Waals surface area contributed by atoms with Crippen molar-refractivity contribution in [1.29, 1.82) is 5.26 Å². The van der Waals surface area contributed by atoms with Crippen LogP contribution in [-0.2, 0) is 11.3 Å². The summed E-state index contributed by atoms with van der Waals surface area (Å²) in [6.07, 6.45) is 0.969. The number of fused-ring (bicyclic) bond motifs is 1. The molecule has 1 aliphatic heterocycles. The van der Waals surface area contributed by atoms with Crippen LogP contribution in [-0.4, -0.2) is 51.6 Å². The topological polar surface area (TPSA) is 95.2 Å². The number of benzene rings is 1. The van der Waals surface area contributed by atoms with Crippen LogP contribution >= 0.6 is 23.2 Å². The third-order valence-corrected chi connectivity index (χ3v) is 5.58. The molecule has 11 heteroatoms. The highest BCUT2D eigenvalue weighted by atomic mass is 35.5. The number of hydrogen-bond acceptors (Lipinski definition) is 7. The monoisotopic (exact) mass is 474 g/mol. The van der Waals surface area contributed by atoms with E-state index in [2.05, 4.69) is 21.0 Å². The number of hydrogen-bond donors (Lipinski definition) is 0. The van der Waals surface area contributed by atoms with Gasteiger partial charge in [-0.2, -0.15) is 10.2 Å². The van der Waals surface area contributed by atoms with Crippen molar-refractivity contribution >= 4 is 46.0 Å². The highest BCUT2D eigenvalue weighted by molar-refractivity contribution is 6.30. The molecule has 1 fully saturated rings. The standard InChI is InChI=1S/C21H17Cl2FN6O2/c22-18-16(24)17-15(10-26-18)19(28-20(23)27-17)29-8-9-30(14(11-29)6-7-25)21(31)32-12-13-4-2-1-3-5-13/h1-5,10,14H,6,8-9,11-12H2/t14-/m0/s1. The summed E-state index contributed by atoms with van der Waals surface area (Å²) in [5.41, 5.74) is 0.827. The fraction of sp³-hybridized carbons (Fsp3) is 0.286. The Hall–Kier alpha value is -3.22. The lowest BCUT2D eigenvalue weighted by molar-refractivity contribution is 0.0768. The first-order valence-electron chi connectivity index (χ1n) is 9.74. The Morgan fingerprint density at radius 1 is 1.25 bits per heavy atom. The lowest BCUT2D eigenvalue weighted by Crippen LogP contribution is -2.55. The molecule has 164 valence electrons. The van der Waals surface area contributed by atoms with Gasteiger partial charge in [0.05, 0.1) is 23.9 Å². The Kier molecular flexibility index (Phi) is 6.53. The molecular weight excluding hydrogens is 458 g/mol. The third kappa shape index (κ3) is 4.52. The summed E-state index contributed by atoms with van der Waals surface area (Å²) in [6, 6.07) is 11.0. The number of pyridine rings is 1. The Morgan fingerprint density at radius 3 is 2.78 bits per heavy atom.